The number of hydrogen-bond donors (Lipinski definition) is 1. The Balaban J connectivity index is 1.64. The van der Waals surface area contributed by atoms with Crippen molar-refractivity contribution in [1.29, 1.82) is 0 Å². The number of nitrogens with zero attached hydrogens (tertiary/aromatic N) is 2. The Kier molecular flexibility index (Phi) is 6.43. The number of rotatable bonds is 5. The quantitative estimate of drug-likeness (QED) is 0.270. The van der Waals surface area contributed by atoms with Gasteiger partial charge in [0.2, 0.25) is 0 Å². The topological polar surface area (TPSA) is 70.5 Å². The standard InChI is InChI=1S/C28H20Cl2N2O3S/c1-15-12-16(2)24-22(13-15)36-28(31-24)32-25(18-9-10-19(29)20(30)14-18)23(26(34)27(32)35)21(33)11-8-17-6-4-3-5-7-17/h3-14,25,34H,1-2H3/b11-8+. The Labute approximate surface area is 221 Å². The summed E-state index contributed by atoms with van der Waals surface area (Å²) < 4.78 is 0.909. The van der Waals surface area contributed by atoms with Crippen LogP contribution in [0.4, 0.5) is 5.13 Å². The Morgan fingerprint density at radius 1 is 1.06 bits per heavy atom. The lowest BCUT2D eigenvalue weighted by Gasteiger charge is -2.24. The largest absolute Gasteiger partial charge is 0.503 e. The van der Waals surface area contributed by atoms with Gasteiger partial charge in [-0.15, -0.1) is 0 Å². The molecule has 1 aromatic heterocycles. The van der Waals surface area contributed by atoms with Gasteiger partial charge in [-0.1, -0.05) is 83.1 Å². The first-order chi connectivity index (χ1) is 17.2. The molecule has 1 aliphatic heterocycles. The third-order valence-corrected chi connectivity index (χ3v) is 7.73. The first-order valence-corrected chi connectivity index (χ1v) is 12.7. The number of anilines is 1. The van der Waals surface area contributed by atoms with Crippen molar-refractivity contribution in [3.05, 3.63) is 110 Å². The number of allylic oxidation sites excluding steroid dienone is 1. The molecule has 8 heteroatoms. The maximum absolute atomic E-state index is 13.4. The molecule has 1 aliphatic rings. The highest BCUT2D eigenvalue weighted by molar-refractivity contribution is 7.22. The third kappa shape index (κ3) is 4.32. The Hall–Kier alpha value is -3.45. The molecule has 5 rings (SSSR count). The van der Waals surface area contributed by atoms with Gasteiger partial charge in [0.15, 0.2) is 16.7 Å². The van der Waals surface area contributed by atoms with Crippen LogP contribution in [-0.4, -0.2) is 21.8 Å². The molecule has 2 heterocycles. The summed E-state index contributed by atoms with van der Waals surface area (Å²) in [5.74, 6) is -1.80. The number of carbonyl (C=O) groups excluding carboxylic acids is 2. The van der Waals surface area contributed by atoms with Crippen molar-refractivity contribution in [2.24, 2.45) is 0 Å². The molecule has 0 spiro atoms. The molecule has 0 aliphatic carbocycles. The van der Waals surface area contributed by atoms with E-state index in [0.29, 0.717) is 15.7 Å². The highest BCUT2D eigenvalue weighted by Gasteiger charge is 2.45. The number of aliphatic hydroxyl groups excluding tert-OH is 1. The van der Waals surface area contributed by atoms with Gasteiger partial charge in [0.25, 0.3) is 5.91 Å². The number of halogens is 2. The van der Waals surface area contributed by atoms with Crippen molar-refractivity contribution >= 4 is 67.7 Å². The molecule has 1 atom stereocenters. The van der Waals surface area contributed by atoms with Gasteiger partial charge in [-0.2, -0.15) is 0 Å². The van der Waals surface area contributed by atoms with Crippen LogP contribution in [0.15, 0.2) is 78.1 Å². The second-order valence-electron chi connectivity index (χ2n) is 8.55. The lowest BCUT2D eigenvalue weighted by atomic mass is 9.96. The fraction of sp³-hybridized carbons (Fsp3) is 0.107. The van der Waals surface area contributed by atoms with E-state index in [9.17, 15) is 14.7 Å². The highest BCUT2D eigenvalue weighted by atomic mass is 35.5. The molecule has 0 bridgehead atoms. The summed E-state index contributed by atoms with van der Waals surface area (Å²) in [6.07, 6.45) is 3.00. The van der Waals surface area contributed by atoms with Crippen molar-refractivity contribution < 1.29 is 14.7 Å². The lowest BCUT2D eigenvalue weighted by molar-refractivity contribution is -0.117. The summed E-state index contributed by atoms with van der Waals surface area (Å²) in [6.45, 7) is 3.95. The number of benzene rings is 3. The molecule has 36 heavy (non-hydrogen) atoms. The van der Waals surface area contributed by atoms with E-state index in [4.69, 9.17) is 28.2 Å². The van der Waals surface area contributed by atoms with E-state index in [-0.39, 0.29) is 10.6 Å². The normalized spacial score (nSPS) is 16.1. The summed E-state index contributed by atoms with van der Waals surface area (Å²) >= 11 is 13.8. The highest BCUT2D eigenvalue weighted by Crippen LogP contribution is 2.45. The molecular formula is C28H20Cl2N2O3S. The molecule has 0 saturated carbocycles. The van der Waals surface area contributed by atoms with Crippen molar-refractivity contribution in [2.75, 3.05) is 4.90 Å². The summed E-state index contributed by atoms with van der Waals surface area (Å²) in [5, 5.41) is 11.9. The zero-order valence-corrected chi connectivity index (χ0v) is 21.7. The van der Waals surface area contributed by atoms with Crippen molar-refractivity contribution in [3.8, 4) is 0 Å². The summed E-state index contributed by atoms with van der Waals surface area (Å²) in [6, 6.07) is 17.3. The molecular weight excluding hydrogens is 515 g/mol. The zero-order valence-electron chi connectivity index (χ0n) is 19.3. The average Bonchev–Trinajstić information content (AvgIpc) is 3.38. The Bertz CT molecular complexity index is 1590. The summed E-state index contributed by atoms with van der Waals surface area (Å²) in [7, 11) is 0. The van der Waals surface area contributed by atoms with Crippen LogP contribution in [0.25, 0.3) is 16.3 Å². The maximum Gasteiger partial charge on any atom is 0.296 e. The third-order valence-electron chi connectivity index (χ3n) is 5.98. The van der Waals surface area contributed by atoms with Gasteiger partial charge in [0.05, 0.1) is 31.9 Å². The fourth-order valence-electron chi connectivity index (χ4n) is 4.34. The molecule has 0 radical (unpaired) electrons. The second kappa shape index (κ2) is 9.54. The van der Waals surface area contributed by atoms with Gasteiger partial charge >= 0.3 is 0 Å². The summed E-state index contributed by atoms with van der Waals surface area (Å²) in [5.41, 5.74) is 4.12. The fourth-order valence-corrected chi connectivity index (χ4v) is 5.81. The minimum absolute atomic E-state index is 0.0438. The van der Waals surface area contributed by atoms with E-state index in [2.05, 4.69) is 0 Å². The molecule has 0 fully saturated rings. The number of aromatic nitrogens is 1. The van der Waals surface area contributed by atoms with Crippen LogP contribution in [0.3, 0.4) is 0 Å². The molecule has 1 N–H and O–H groups in total. The van der Waals surface area contributed by atoms with Crippen LogP contribution in [0.5, 0.6) is 0 Å². The van der Waals surface area contributed by atoms with Crippen LogP contribution < -0.4 is 4.90 Å². The number of thiazole rings is 1. The van der Waals surface area contributed by atoms with Gasteiger partial charge in [-0.25, -0.2) is 4.98 Å². The number of ketones is 1. The number of hydrogen-bond acceptors (Lipinski definition) is 5. The molecule has 1 unspecified atom stereocenters. The van der Waals surface area contributed by atoms with E-state index in [1.165, 1.54) is 22.3 Å². The number of carbonyl (C=O) groups is 2. The first kappa shape index (κ1) is 24.3. The van der Waals surface area contributed by atoms with Crippen LogP contribution >= 0.6 is 34.5 Å². The van der Waals surface area contributed by atoms with Gasteiger partial charge in [-0.05, 0) is 60.4 Å². The zero-order chi connectivity index (χ0) is 25.6. The smallest absolute Gasteiger partial charge is 0.296 e. The van der Waals surface area contributed by atoms with Gasteiger partial charge in [0.1, 0.15) is 0 Å². The first-order valence-electron chi connectivity index (χ1n) is 11.1. The molecule has 1 amide bonds. The monoisotopic (exact) mass is 534 g/mol. The van der Waals surface area contributed by atoms with Crippen molar-refractivity contribution in [1.82, 2.24) is 4.98 Å². The average molecular weight is 535 g/mol. The predicted octanol–water partition coefficient (Wildman–Crippen LogP) is 7.40. The molecule has 180 valence electrons. The second-order valence-corrected chi connectivity index (χ2v) is 10.4. The predicted molar refractivity (Wildman–Crippen MR) is 146 cm³/mol. The van der Waals surface area contributed by atoms with Gasteiger partial charge < -0.3 is 5.11 Å². The Morgan fingerprint density at radius 2 is 1.81 bits per heavy atom. The molecule has 0 saturated heterocycles. The van der Waals surface area contributed by atoms with E-state index < -0.39 is 23.5 Å². The SMILES string of the molecule is Cc1cc(C)c2nc(N3C(=O)C(O)=C(C(=O)/C=C/c4ccccc4)C3c3ccc(Cl)c(Cl)c3)sc2c1. The van der Waals surface area contributed by atoms with Crippen LogP contribution in [0, 0.1) is 13.8 Å². The number of fused-ring (bicyclic) bond motifs is 1. The van der Waals surface area contributed by atoms with Crippen molar-refractivity contribution in [3.63, 3.8) is 0 Å². The molecule has 5 nitrogen and oxygen atoms in total. The molecule has 4 aromatic rings. The minimum Gasteiger partial charge on any atom is -0.503 e. The number of amides is 1. The van der Waals surface area contributed by atoms with E-state index in [1.807, 2.05) is 56.3 Å². The number of aliphatic hydroxyl groups is 1. The number of aryl methyl sites for hydroxylation is 2. The Morgan fingerprint density at radius 3 is 2.53 bits per heavy atom. The van der Waals surface area contributed by atoms with E-state index in [0.717, 1.165) is 26.9 Å². The molecule has 3 aromatic carbocycles. The van der Waals surface area contributed by atoms with Gasteiger partial charge in [0, 0.05) is 0 Å². The van der Waals surface area contributed by atoms with Crippen LogP contribution in [0.1, 0.15) is 28.3 Å². The lowest BCUT2D eigenvalue weighted by Crippen LogP contribution is -2.30. The maximum atomic E-state index is 13.4. The van der Waals surface area contributed by atoms with E-state index >= 15 is 0 Å². The van der Waals surface area contributed by atoms with Crippen LogP contribution in [-0.2, 0) is 9.59 Å². The van der Waals surface area contributed by atoms with E-state index in [1.54, 1.807) is 24.3 Å². The van der Waals surface area contributed by atoms with Crippen molar-refractivity contribution in [2.45, 2.75) is 19.9 Å². The van der Waals surface area contributed by atoms with Gasteiger partial charge in [-0.3, -0.25) is 14.5 Å². The van der Waals surface area contributed by atoms with Crippen LogP contribution in [0.2, 0.25) is 10.0 Å². The summed E-state index contributed by atoms with van der Waals surface area (Å²) in [4.78, 5) is 32.9. The minimum atomic E-state index is -0.929.